The lowest BCUT2D eigenvalue weighted by Crippen LogP contribution is -2.58. The molecule has 13 unspecified atom stereocenters. The molecule has 13 atom stereocenters. The summed E-state index contributed by atoms with van der Waals surface area (Å²) < 4.78 is 51.5. The van der Waals surface area contributed by atoms with E-state index in [9.17, 15) is 48.3 Å². The smallest absolute Gasteiger partial charge is 0.312 e. The number of phenols is 1. The van der Waals surface area contributed by atoms with Gasteiger partial charge >= 0.3 is 53.7 Å². The van der Waals surface area contributed by atoms with Crippen LogP contribution in [0.25, 0.3) is 0 Å². The molecule has 0 radical (unpaired) electrons. The standard InChI is InChI=1S/C17H28O2.C16H26O3.2C14H20O4.C14H26O2.2C13H24O2.C10H14O/c1-5-16(2,3)15(18)19-17(4)13-7-11-6-12(9-13)10-14(17)8-11;1-4-15(2,3)14(17)19-13-11-5-10-6-12(13)9-16(18,7-10)8-11;2*1-4-14(2,3)13(16)18-10-7-5-8-9(6-7)12(15)17-11(8)10;1-6-13(4,5)12(15)16-14(11(2)3)9-7-8-10-14;2*1-5-12(3,4)11(14)15-13(6-2)9-7-8-10-13;1-3-8(2)9-4-6-10(11)7-5-9/h11-14H,5-10H2,1-4H3;10-13,18H,4-9H2,1-3H3;2*7-11H,4-6H2,1-3H3;11H,6-10H2,1-5H3;2*5-10H2,1-4H3;4-8,11H,3H2,1-2H3. The van der Waals surface area contributed by atoms with Crippen LogP contribution in [0.15, 0.2) is 24.3 Å². The van der Waals surface area contributed by atoms with Gasteiger partial charge in [-0.15, -0.1) is 0 Å². The molecule has 12 bridgehead atoms. The fourth-order valence-electron chi connectivity index (χ4n) is 23.6. The summed E-state index contributed by atoms with van der Waals surface area (Å²) >= 11 is 0. The van der Waals surface area contributed by atoms with Crippen molar-refractivity contribution in [3.63, 3.8) is 0 Å². The Balaban J connectivity index is 0.000000169. The van der Waals surface area contributed by atoms with Crippen molar-refractivity contribution in [3.05, 3.63) is 29.8 Å². The normalized spacial score (nSPS) is 32.4. The Morgan fingerprint density at radius 3 is 1.03 bits per heavy atom. The monoisotopic (exact) mass is 1840 g/mol. The van der Waals surface area contributed by atoms with Gasteiger partial charge in [-0.3, -0.25) is 43.2 Å². The first kappa shape index (κ1) is 109. The minimum Gasteiger partial charge on any atom is -0.508 e. The van der Waals surface area contributed by atoms with Gasteiger partial charge in [0, 0.05) is 23.7 Å². The van der Waals surface area contributed by atoms with Crippen molar-refractivity contribution in [2.24, 2.45) is 121 Å². The molecule has 0 amide bonds. The molecule has 15 aliphatic carbocycles. The van der Waals surface area contributed by atoms with Crippen LogP contribution >= 0.6 is 0 Å². The summed E-state index contributed by atoms with van der Waals surface area (Å²) in [5, 5.41) is 19.5. The van der Waals surface area contributed by atoms with Crippen molar-refractivity contribution in [1.29, 1.82) is 0 Å². The molecular weight excluding hydrogens is 1650 g/mol. The van der Waals surface area contributed by atoms with Crippen LogP contribution < -0.4 is 0 Å². The van der Waals surface area contributed by atoms with E-state index >= 15 is 0 Å². The number of carbonyl (C=O) groups is 9. The first-order chi connectivity index (χ1) is 61.0. The first-order valence-corrected chi connectivity index (χ1v) is 52.5. The largest absolute Gasteiger partial charge is 0.508 e. The summed E-state index contributed by atoms with van der Waals surface area (Å²) in [4.78, 5) is 108. The van der Waals surface area contributed by atoms with E-state index < -0.39 is 16.4 Å². The van der Waals surface area contributed by atoms with E-state index in [-0.39, 0.29) is 146 Å². The maximum Gasteiger partial charge on any atom is 0.312 e. The third-order valence-electron chi connectivity index (χ3n) is 36.6. The summed E-state index contributed by atoms with van der Waals surface area (Å²) in [7, 11) is 0. The minimum atomic E-state index is -0.455. The van der Waals surface area contributed by atoms with Crippen LogP contribution in [0.4, 0.5) is 0 Å². The molecule has 2 N–H and O–H groups in total. The lowest BCUT2D eigenvalue weighted by molar-refractivity contribution is -0.211. The summed E-state index contributed by atoms with van der Waals surface area (Å²) in [6.45, 7) is 56.6. The van der Waals surface area contributed by atoms with E-state index in [2.05, 4.69) is 55.4 Å². The van der Waals surface area contributed by atoms with Gasteiger partial charge in [-0.2, -0.15) is 0 Å². The molecule has 2 aliphatic heterocycles. The lowest BCUT2D eigenvalue weighted by Gasteiger charge is -2.59. The van der Waals surface area contributed by atoms with Crippen LogP contribution in [0, 0.1) is 121 Å². The molecule has 20 heteroatoms. The molecule has 131 heavy (non-hydrogen) atoms. The number of benzene rings is 1. The molecule has 17 fully saturated rings. The predicted molar refractivity (Wildman–Crippen MR) is 511 cm³/mol. The molecule has 1 aromatic carbocycles. The summed E-state index contributed by atoms with van der Waals surface area (Å²) in [6, 6.07) is 7.43. The molecule has 20 nitrogen and oxygen atoms in total. The summed E-state index contributed by atoms with van der Waals surface area (Å²) in [6.07, 6.45) is 36.7. The Morgan fingerprint density at radius 1 is 0.389 bits per heavy atom. The van der Waals surface area contributed by atoms with Gasteiger partial charge in [0.15, 0.2) is 0 Å². The van der Waals surface area contributed by atoms with Crippen LogP contribution in [-0.4, -0.2) is 122 Å². The Labute approximate surface area is 791 Å². The third kappa shape index (κ3) is 25.2. The first-order valence-electron chi connectivity index (χ1n) is 52.5. The zero-order valence-electron chi connectivity index (χ0n) is 87.1. The molecular formula is C111H182O20. The molecule has 0 spiro atoms. The Bertz CT molecular complexity index is 3820. The average Bonchev–Trinajstić information content (AvgIpc) is 1.61. The third-order valence-corrected chi connectivity index (χ3v) is 36.6. The van der Waals surface area contributed by atoms with E-state index in [1.165, 1.54) is 76.2 Å². The summed E-state index contributed by atoms with van der Waals surface area (Å²) in [5.74, 6) is 6.72. The van der Waals surface area contributed by atoms with E-state index in [1.54, 1.807) is 12.1 Å². The Kier molecular flexibility index (Phi) is 36.1. The Hall–Kier alpha value is -5.79. The molecule has 746 valence electrons. The highest BCUT2D eigenvalue weighted by molar-refractivity contribution is 5.81. The number of rotatable bonds is 26. The molecule has 15 saturated carbocycles. The zero-order chi connectivity index (χ0) is 97.5. The van der Waals surface area contributed by atoms with Gasteiger partial charge in [-0.25, -0.2) is 0 Å². The molecule has 1 aromatic rings. The lowest BCUT2D eigenvalue weighted by atomic mass is 9.50. The van der Waals surface area contributed by atoms with Crippen molar-refractivity contribution >= 4 is 53.7 Å². The van der Waals surface area contributed by atoms with Gasteiger partial charge in [0.25, 0.3) is 0 Å². The number of fused-ring (bicyclic) bond motifs is 2. The van der Waals surface area contributed by atoms with E-state index in [1.807, 2.05) is 151 Å². The number of carbonyl (C=O) groups excluding carboxylic acids is 9. The van der Waals surface area contributed by atoms with Crippen LogP contribution in [0.3, 0.4) is 0 Å². The van der Waals surface area contributed by atoms with Gasteiger partial charge < -0.3 is 52.8 Å². The van der Waals surface area contributed by atoms with Crippen molar-refractivity contribution in [2.75, 3.05) is 0 Å². The minimum absolute atomic E-state index is 0.0185. The fraction of sp³-hybridized carbons (Fsp3) is 0.865. The maximum absolute atomic E-state index is 12.5. The quantitative estimate of drug-likeness (QED) is 0.0644. The topological polar surface area (TPSA) is 277 Å². The molecule has 2 saturated heterocycles. The molecule has 18 rings (SSSR count). The number of ether oxygens (including phenoxy) is 9. The van der Waals surface area contributed by atoms with Crippen molar-refractivity contribution in [2.45, 2.75) is 489 Å². The highest BCUT2D eigenvalue weighted by atomic mass is 16.6. The number of phenolic OH excluding ortho intramolecular Hbond substituents is 1. The van der Waals surface area contributed by atoms with Gasteiger partial charge in [0.2, 0.25) is 0 Å². The van der Waals surface area contributed by atoms with E-state index in [4.69, 9.17) is 47.7 Å². The van der Waals surface area contributed by atoms with Gasteiger partial charge in [-0.05, 0) is 406 Å². The van der Waals surface area contributed by atoms with Gasteiger partial charge in [0.1, 0.15) is 58.7 Å². The molecule has 0 aromatic heterocycles. The number of hydrogen-bond donors (Lipinski definition) is 2. The zero-order valence-corrected chi connectivity index (χ0v) is 87.1. The van der Waals surface area contributed by atoms with Crippen LogP contribution in [-0.2, 0) is 85.8 Å². The van der Waals surface area contributed by atoms with Crippen LogP contribution in [0.1, 0.15) is 436 Å². The SMILES string of the molecule is CCC(C)(C)C(=O)OC1(C(C)C)CCCC1.CCC(C)(C)C(=O)OC1(C)C2CC3CC(C2)CC1C3.CCC(C)(C)C(=O)OC1C2CC3C(=O)OC1C3C2.CCC(C)(C)C(=O)OC1C2CC3C(=O)OC1C3C2.CCC(C)(C)C(=O)OC1C2CC3CC1CC(O)(C3)C2.CCC(C)c1ccc(O)cc1.CCC1(OC(=O)C(C)(C)CC)CCCC1.CCC1(OC(=O)C(C)(C)CC)CCCC1. The predicted octanol–water partition coefficient (Wildman–Crippen LogP) is 25.1. The van der Waals surface area contributed by atoms with Crippen LogP contribution in [0.2, 0.25) is 0 Å². The van der Waals surface area contributed by atoms with E-state index in [0.29, 0.717) is 70.8 Å². The number of aromatic hydroxyl groups is 1. The second kappa shape index (κ2) is 43.5. The highest BCUT2D eigenvalue weighted by Crippen LogP contribution is 2.62. The molecule has 2 heterocycles. The Morgan fingerprint density at radius 2 is 0.710 bits per heavy atom. The highest BCUT2D eigenvalue weighted by Gasteiger charge is 2.66. The number of hydrogen-bond acceptors (Lipinski definition) is 20. The van der Waals surface area contributed by atoms with Crippen molar-refractivity contribution in [3.8, 4) is 5.75 Å². The van der Waals surface area contributed by atoms with Crippen LogP contribution in [0.5, 0.6) is 5.75 Å². The average molecular weight is 1840 g/mol. The van der Waals surface area contributed by atoms with Crippen molar-refractivity contribution < 1.29 is 96.0 Å². The summed E-state index contributed by atoms with van der Waals surface area (Å²) in [5.41, 5.74) is -2.39. The van der Waals surface area contributed by atoms with E-state index in [0.717, 1.165) is 172 Å². The molecule has 17 aliphatic rings. The fourth-order valence-corrected chi connectivity index (χ4v) is 23.6. The maximum atomic E-state index is 12.5. The number of esters is 9. The second-order valence-electron chi connectivity index (χ2n) is 48.6. The van der Waals surface area contributed by atoms with Gasteiger partial charge in [-0.1, -0.05) is 102 Å². The number of aliphatic hydroxyl groups is 1. The second-order valence-corrected chi connectivity index (χ2v) is 48.6. The van der Waals surface area contributed by atoms with Crippen molar-refractivity contribution in [1.82, 2.24) is 0 Å². The van der Waals surface area contributed by atoms with Gasteiger partial charge in [0.05, 0.1) is 55.3 Å².